The number of sulfonamides is 1. The Bertz CT molecular complexity index is 1250. The highest BCUT2D eigenvalue weighted by Gasteiger charge is 2.39. The van der Waals surface area contributed by atoms with Gasteiger partial charge in [-0.05, 0) is 87.7 Å². The number of oxime groups is 1. The zero-order chi connectivity index (χ0) is 29.6. The van der Waals surface area contributed by atoms with Crippen LogP contribution in [0.1, 0.15) is 45.1 Å². The number of carbonyl (C=O) groups excluding carboxylic acids is 1. The minimum atomic E-state index is -3.42. The average molecular weight is 578 g/mol. The van der Waals surface area contributed by atoms with Gasteiger partial charge in [-0.2, -0.15) is 0 Å². The van der Waals surface area contributed by atoms with E-state index in [0.717, 1.165) is 43.2 Å². The second-order valence-electron chi connectivity index (χ2n) is 9.70. The number of rotatable bonds is 7. The van der Waals surface area contributed by atoms with E-state index in [4.69, 9.17) is 14.3 Å². The Hall–Kier alpha value is -3.44. The van der Waals surface area contributed by atoms with Crippen LogP contribution in [0.25, 0.3) is 6.08 Å². The Morgan fingerprint density at radius 2 is 2.10 bits per heavy atom. The van der Waals surface area contributed by atoms with Crippen molar-refractivity contribution in [2.75, 3.05) is 44.8 Å². The lowest BCUT2D eigenvalue weighted by Gasteiger charge is -2.30. The van der Waals surface area contributed by atoms with E-state index in [2.05, 4.69) is 9.88 Å². The number of carbonyl (C=O) groups is 1. The number of anilines is 1. The van der Waals surface area contributed by atoms with Crippen LogP contribution < -0.4 is 9.46 Å². The van der Waals surface area contributed by atoms with Crippen LogP contribution in [-0.2, 0) is 24.4 Å². The quantitative estimate of drug-likeness (QED) is 0.442. The number of ether oxygens (including phenoxy) is 2. The normalized spacial score (nSPS) is 21.6. The number of allylic oxidation sites excluding steroid dienone is 7. The van der Waals surface area contributed by atoms with Crippen LogP contribution in [0.2, 0.25) is 0 Å². The molecule has 0 radical (unpaired) electrons. The number of hydrogen-bond donors (Lipinski definition) is 1. The first-order valence-electron chi connectivity index (χ1n) is 13.1. The molecule has 2 aliphatic rings. The van der Waals surface area contributed by atoms with Crippen molar-refractivity contribution in [3.63, 3.8) is 0 Å². The summed E-state index contributed by atoms with van der Waals surface area (Å²) in [6.45, 7) is 5.10. The lowest BCUT2D eigenvalue weighted by Crippen LogP contribution is -2.48. The Labute approximate surface area is 237 Å². The number of hydrogen-bond acceptors (Lipinski definition) is 8. The fourth-order valence-corrected chi connectivity index (χ4v) is 4.43. The lowest BCUT2D eigenvalue weighted by atomic mass is 10.0. The van der Waals surface area contributed by atoms with E-state index in [0.29, 0.717) is 31.0 Å². The smallest absolute Gasteiger partial charge is 0.354 e. The minimum absolute atomic E-state index is 0.144. The molecule has 1 atom stereocenters. The van der Waals surface area contributed by atoms with Gasteiger partial charge in [0.2, 0.25) is 15.6 Å². The Balaban J connectivity index is 0.000000598. The third-order valence-electron chi connectivity index (χ3n) is 5.74. The molecule has 1 unspecified atom stereocenters. The van der Waals surface area contributed by atoms with Crippen molar-refractivity contribution in [3.05, 3.63) is 65.5 Å². The molecule has 0 amide bonds. The molecule has 1 aliphatic carbocycles. The molecule has 0 fully saturated rings. The highest BCUT2D eigenvalue weighted by molar-refractivity contribution is 7.92. The van der Waals surface area contributed by atoms with E-state index >= 15 is 0 Å². The third kappa shape index (κ3) is 11.7. The standard InChI is InChI=1S/C22H33N3O6S.C7H7F/c1-6-12-30-21(26)22(2)16-25(3)11-7-8-18(15-23-31-22)13-17-9-10-19(20(14-17)29-4)24-32(5,27)28;8-7-5-3-1-2-4-6-7/h9-10,13-15,24H,6-8,11-12,16H2,1-5H3;1-3,5-6H,4H2/b18-13+,23-15+;. The van der Waals surface area contributed by atoms with Crippen LogP contribution in [0.5, 0.6) is 5.75 Å². The summed E-state index contributed by atoms with van der Waals surface area (Å²) in [6, 6.07) is 5.18. The molecule has 1 aromatic rings. The number of likely N-dealkylation sites (N-methyl/N-ethyl adjacent to an activating group) is 1. The van der Waals surface area contributed by atoms with E-state index < -0.39 is 21.6 Å². The number of benzene rings is 1. The largest absolute Gasteiger partial charge is 0.495 e. The molecule has 9 nitrogen and oxygen atoms in total. The maximum Gasteiger partial charge on any atom is 0.354 e. The van der Waals surface area contributed by atoms with Crippen molar-refractivity contribution in [2.24, 2.45) is 5.16 Å². The van der Waals surface area contributed by atoms with Crippen LogP contribution in [0, 0.1) is 0 Å². The molecule has 0 saturated heterocycles. The highest BCUT2D eigenvalue weighted by atomic mass is 32.2. The summed E-state index contributed by atoms with van der Waals surface area (Å²) in [5.74, 6) is -0.174. The predicted molar refractivity (Wildman–Crippen MR) is 157 cm³/mol. The summed E-state index contributed by atoms with van der Waals surface area (Å²) >= 11 is 0. The fraction of sp³-hybridized carbons (Fsp3) is 0.448. The first kappa shape index (κ1) is 32.8. The second kappa shape index (κ2) is 16.0. The second-order valence-corrected chi connectivity index (χ2v) is 11.4. The molecule has 0 aromatic heterocycles. The van der Waals surface area contributed by atoms with Gasteiger partial charge >= 0.3 is 5.97 Å². The van der Waals surface area contributed by atoms with Gasteiger partial charge in [0.05, 0.1) is 38.4 Å². The van der Waals surface area contributed by atoms with Crippen molar-refractivity contribution in [1.82, 2.24) is 4.90 Å². The van der Waals surface area contributed by atoms with E-state index in [-0.39, 0.29) is 5.83 Å². The lowest BCUT2D eigenvalue weighted by molar-refractivity contribution is -0.172. The molecule has 220 valence electrons. The summed E-state index contributed by atoms with van der Waals surface area (Å²) in [5.41, 5.74) is 0.877. The molecular formula is C29H40FN3O6S. The van der Waals surface area contributed by atoms with Gasteiger partial charge in [-0.1, -0.05) is 36.4 Å². The average Bonchev–Trinajstić information content (AvgIpc) is 3.14. The van der Waals surface area contributed by atoms with Crippen molar-refractivity contribution in [2.45, 2.75) is 45.1 Å². The predicted octanol–water partition coefficient (Wildman–Crippen LogP) is 5.25. The Morgan fingerprint density at radius 3 is 2.80 bits per heavy atom. The summed E-state index contributed by atoms with van der Waals surface area (Å²) < 4.78 is 48.3. The maximum absolute atomic E-state index is 12.5. The van der Waals surface area contributed by atoms with Crippen LogP contribution in [-0.4, -0.2) is 71.2 Å². The minimum Gasteiger partial charge on any atom is -0.495 e. The number of halogens is 1. The van der Waals surface area contributed by atoms with Gasteiger partial charge in [0.1, 0.15) is 11.6 Å². The molecule has 1 N–H and O–H groups in total. The monoisotopic (exact) mass is 577 g/mol. The molecule has 0 saturated carbocycles. The molecule has 40 heavy (non-hydrogen) atoms. The van der Waals surface area contributed by atoms with E-state index in [1.165, 1.54) is 13.2 Å². The van der Waals surface area contributed by atoms with Gasteiger partial charge in [0, 0.05) is 0 Å². The van der Waals surface area contributed by atoms with Gasteiger partial charge in [-0.25, -0.2) is 17.6 Å². The fourth-order valence-electron chi connectivity index (χ4n) is 3.86. The third-order valence-corrected chi connectivity index (χ3v) is 6.33. The van der Waals surface area contributed by atoms with Crippen molar-refractivity contribution < 1.29 is 31.9 Å². The van der Waals surface area contributed by atoms with Crippen LogP contribution in [0.4, 0.5) is 10.1 Å². The zero-order valence-corrected chi connectivity index (χ0v) is 24.7. The van der Waals surface area contributed by atoms with E-state index in [1.54, 1.807) is 43.5 Å². The molecule has 0 bridgehead atoms. The summed E-state index contributed by atoms with van der Waals surface area (Å²) in [7, 11) is -0.00985. The topological polar surface area (TPSA) is 107 Å². The molecular weight excluding hydrogens is 537 g/mol. The maximum atomic E-state index is 12.5. The SMILES string of the molecule is CCCOC(=O)C1(C)CN(C)CCCC(=C\c2ccc(NS(C)(=O)=O)c(OC)c2)/C=N/O1.FC1=CCC=CC=C1. The number of methoxy groups -OCH3 is 1. The van der Waals surface area contributed by atoms with Gasteiger partial charge in [0.15, 0.2) is 0 Å². The highest BCUT2D eigenvalue weighted by Crippen LogP contribution is 2.28. The summed E-state index contributed by atoms with van der Waals surface area (Å²) in [6.07, 6.45) is 16.1. The van der Waals surface area contributed by atoms with Gasteiger partial charge in [-0.15, -0.1) is 0 Å². The molecule has 1 heterocycles. The van der Waals surface area contributed by atoms with Gasteiger partial charge < -0.3 is 19.2 Å². The van der Waals surface area contributed by atoms with Crippen LogP contribution in [0.15, 0.2) is 65.1 Å². The number of esters is 1. The van der Waals surface area contributed by atoms with Crippen molar-refractivity contribution in [3.8, 4) is 5.75 Å². The number of nitrogens with zero attached hydrogens (tertiary/aromatic N) is 2. The van der Waals surface area contributed by atoms with Gasteiger partial charge in [0.25, 0.3) is 0 Å². The van der Waals surface area contributed by atoms with Crippen LogP contribution in [0.3, 0.4) is 0 Å². The Kier molecular flexibility index (Phi) is 13.1. The van der Waals surface area contributed by atoms with Crippen molar-refractivity contribution in [1.29, 1.82) is 0 Å². The Morgan fingerprint density at radius 1 is 1.32 bits per heavy atom. The summed E-state index contributed by atoms with van der Waals surface area (Å²) in [5, 5.41) is 4.09. The van der Waals surface area contributed by atoms with Crippen LogP contribution >= 0.6 is 0 Å². The molecule has 1 aliphatic heterocycles. The first-order valence-corrected chi connectivity index (χ1v) is 15.0. The zero-order valence-electron chi connectivity index (χ0n) is 23.9. The number of nitrogens with one attached hydrogen (secondary N) is 1. The summed E-state index contributed by atoms with van der Waals surface area (Å²) in [4.78, 5) is 20.2. The van der Waals surface area contributed by atoms with E-state index in [9.17, 15) is 17.6 Å². The molecule has 11 heteroatoms. The molecule has 3 rings (SSSR count). The molecule has 0 spiro atoms. The first-order chi connectivity index (χ1) is 19.0. The van der Waals surface area contributed by atoms with E-state index in [1.807, 2.05) is 37.1 Å². The molecule has 1 aromatic carbocycles. The van der Waals surface area contributed by atoms with Crippen molar-refractivity contribution >= 4 is 34.0 Å². The van der Waals surface area contributed by atoms with Gasteiger partial charge in [-0.3, -0.25) is 4.72 Å².